The maximum Gasteiger partial charge on any atom is 0.230 e. The van der Waals surface area contributed by atoms with Crippen molar-refractivity contribution in [2.75, 3.05) is 19.8 Å². The van der Waals surface area contributed by atoms with E-state index in [1.165, 1.54) is 11.8 Å². The largest absolute Gasteiger partial charge is 0.351 e. The van der Waals surface area contributed by atoms with Crippen LogP contribution in [0.4, 0.5) is 0 Å². The lowest BCUT2D eigenvalue weighted by Gasteiger charge is -2.24. The van der Waals surface area contributed by atoms with Gasteiger partial charge in [0.05, 0.1) is 11.8 Å². The molecule has 1 amide bonds. The Morgan fingerprint density at radius 3 is 2.48 bits per heavy atom. The van der Waals surface area contributed by atoms with Gasteiger partial charge in [-0.05, 0) is 65.6 Å². The van der Waals surface area contributed by atoms with Crippen molar-refractivity contribution in [2.45, 2.75) is 50.9 Å². The van der Waals surface area contributed by atoms with Crippen LogP contribution in [0.5, 0.6) is 0 Å². The molecule has 1 atom stereocenters. The zero-order chi connectivity index (χ0) is 20.2. The molecule has 0 saturated heterocycles. The molecule has 1 N–H and O–H groups in total. The molecule has 0 bridgehead atoms. The summed E-state index contributed by atoms with van der Waals surface area (Å²) in [5, 5.41) is 13.1. The predicted molar refractivity (Wildman–Crippen MR) is 112 cm³/mol. The molecule has 1 aromatic carbocycles. The molecule has 0 radical (unpaired) electrons. The smallest absolute Gasteiger partial charge is 0.230 e. The monoisotopic (exact) mass is 409 g/mol. The van der Waals surface area contributed by atoms with Crippen molar-refractivity contribution in [3.63, 3.8) is 0 Å². The predicted octanol–water partition coefficient (Wildman–Crippen LogP) is 3.94. The van der Waals surface area contributed by atoms with Gasteiger partial charge < -0.3 is 5.32 Å². The molecular formula is C19H28ClN5OS. The third-order valence-electron chi connectivity index (χ3n) is 4.59. The average Bonchev–Trinajstić information content (AvgIpc) is 3.03. The summed E-state index contributed by atoms with van der Waals surface area (Å²) in [5.74, 6) is 1.09. The number of hydrogen-bond acceptors (Lipinski definition) is 5. The van der Waals surface area contributed by atoms with E-state index in [1.54, 1.807) is 0 Å². The molecule has 0 fully saturated rings. The number of rotatable bonds is 8. The van der Waals surface area contributed by atoms with E-state index in [0.29, 0.717) is 10.2 Å². The Balaban J connectivity index is 2.28. The summed E-state index contributed by atoms with van der Waals surface area (Å²) in [6.45, 7) is 8.16. The Morgan fingerprint density at radius 2 is 1.93 bits per heavy atom. The van der Waals surface area contributed by atoms with Crippen LogP contribution in [-0.4, -0.2) is 51.0 Å². The third kappa shape index (κ3) is 5.70. The van der Waals surface area contributed by atoms with E-state index in [1.807, 2.05) is 56.8 Å². The molecule has 2 rings (SSSR count). The first kappa shape index (κ1) is 21.7. The number of aromatic nitrogens is 3. The van der Waals surface area contributed by atoms with Gasteiger partial charge in [0.25, 0.3) is 0 Å². The molecule has 8 heteroatoms. The van der Waals surface area contributed by atoms with Crippen molar-refractivity contribution in [3.05, 3.63) is 35.1 Å². The van der Waals surface area contributed by atoms with Crippen molar-refractivity contribution in [1.82, 2.24) is 25.0 Å². The minimum atomic E-state index is -0.216. The first-order valence-corrected chi connectivity index (χ1v) is 10.3. The van der Waals surface area contributed by atoms with Crippen molar-refractivity contribution < 1.29 is 4.79 Å². The summed E-state index contributed by atoms with van der Waals surface area (Å²) in [6.07, 6.45) is 0.870. The summed E-state index contributed by atoms with van der Waals surface area (Å²) in [4.78, 5) is 14.4. The average molecular weight is 410 g/mol. The van der Waals surface area contributed by atoms with Crippen LogP contribution in [0.25, 0.3) is 5.69 Å². The van der Waals surface area contributed by atoms with Crippen LogP contribution >= 0.6 is 23.4 Å². The fourth-order valence-electron chi connectivity index (χ4n) is 2.34. The molecule has 0 aliphatic rings. The van der Waals surface area contributed by atoms with Crippen LogP contribution in [0.1, 0.15) is 46.0 Å². The number of thioether (sulfide) groups is 1. The van der Waals surface area contributed by atoms with Crippen molar-refractivity contribution >= 4 is 29.3 Å². The Morgan fingerprint density at radius 1 is 1.30 bits per heavy atom. The number of halogens is 1. The zero-order valence-corrected chi connectivity index (χ0v) is 18.4. The van der Waals surface area contributed by atoms with E-state index in [2.05, 4.69) is 34.3 Å². The molecular weight excluding hydrogens is 382 g/mol. The van der Waals surface area contributed by atoms with E-state index in [4.69, 9.17) is 11.6 Å². The van der Waals surface area contributed by atoms with Gasteiger partial charge in [-0.2, -0.15) is 0 Å². The normalized spacial score (nSPS) is 13.0. The minimum Gasteiger partial charge on any atom is -0.351 e. The summed E-state index contributed by atoms with van der Waals surface area (Å²) in [5.41, 5.74) is 0.705. The van der Waals surface area contributed by atoms with Gasteiger partial charge in [-0.25, -0.2) is 0 Å². The van der Waals surface area contributed by atoms with Crippen molar-refractivity contribution in [1.29, 1.82) is 0 Å². The van der Waals surface area contributed by atoms with Gasteiger partial charge in [-0.15, -0.1) is 10.2 Å². The Labute approximate surface area is 170 Å². The molecule has 0 spiro atoms. The number of carbonyl (C=O) groups is 1. The summed E-state index contributed by atoms with van der Waals surface area (Å²) < 4.78 is 1.99. The molecule has 2 aromatic rings. The molecule has 1 heterocycles. The van der Waals surface area contributed by atoms with Gasteiger partial charge in [0.1, 0.15) is 0 Å². The lowest BCUT2D eigenvalue weighted by molar-refractivity contribution is -0.120. The topological polar surface area (TPSA) is 63.1 Å². The van der Waals surface area contributed by atoms with Crippen LogP contribution in [-0.2, 0) is 4.79 Å². The Kier molecular flexibility index (Phi) is 7.31. The summed E-state index contributed by atoms with van der Waals surface area (Å²) in [7, 11) is 4.00. The third-order valence-corrected chi connectivity index (χ3v) is 5.77. The number of nitrogens with zero attached hydrogens (tertiary/aromatic N) is 4. The van der Waals surface area contributed by atoms with Crippen molar-refractivity contribution in [2.24, 2.45) is 0 Å². The van der Waals surface area contributed by atoms with Crippen LogP contribution in [0.15, 0.2) is 29.4 Å². The van der Waals surface area contributed by atoms with E-state index in [0.717, 1.165) is 17.9 Å². The van der Waals surface area contributed by atoms with Gasteiger partial charge in [0.2, 0.25) is 5.91 Å². The highest BCUT2D eigenvalue weighted by atomic mass is 35.5. The molecule has 0 aliphatic carbocycles. The van der Waals surface area contributed by atoms with E-state index in [-0.39, 0.29) is 23.2 Å². The second kappa shape index (κ2) is 9.08. The van der Waals surface area contributed by atoms with Gasteiger partial charge in [-0.3, -0.25) is 14.3 Å². The molecule has 1 aromatic heterocycles. The maximum atomic E-state index is 12.3. The zero-order valence-electron chi connectivity index (χ0n) is 16.8. The van der Waals surface area contributed by atoms with Crippen LogP contribution in [0.2, 0.25) is 5.02 Å². The van der Waals surface area contributed by atoms with Crippen LogP contribution < -0.4 is 5.32 Å². The highest BCUT2D eigenvalue weighted by Gasteiger charge is 2.23. The van der Waals surface area contributed by atoms with E-state index in [9.17, 15) is 4.79 Å². The lowest BCUT2D eigenvalue weighted by Crippen LogP contribution is -2.43. The standard InChI is InChI=1S/C19H28ClN5OS/c1-7-19(3,4)21-16(26)12-27-18-23-22-17(13(2)24(5)6)25(18)15-10-8-14(20)9-11-15/h8-11,13H,7,12H2,1-6H3,(H,21,26). The fourth-order valence-corrected chi connectivity index (χ4v) is 3.23. The second-order valence-electron chi connectivity index (χ2n) is 7.37. The van der Waals surface area contributed by atoms with Gasteiger partial charge in [-0.1, -0.05) is 30.3 Å². The SMILES string of the molecule is CCC(C)(C)NC(=O)CSc1nnc(C(C)N(C)C)n1-c1ccc(Cl)cc1. The first-order valence-electron chi connectivity index (χ1n) is 8.96. The highest BCUT2D eigenvalue weighted by Crippen LogP contribution is 2.27. The van der Waals surface area contributed by atoms with Gasteiger partial charge in [0, 0.05) is 16.2 Å². The van der Waals surface area contributed by atoms with Crippen LogP contribution in [0, 0.1) is 0 Å². The molecule has 0 aliphatic heterocycles. The van der Waals surface area contributed by atoms with E-state index < -0.39 is 0 Å². The fraction of sp³-hybridized carbons (Fsp3) is 0.526. The quantitative estimate of drug-likeness (QED) is 0.669. The lowest BCUT2D eigenvalue weighted by atomic mass is 10.0. The number of amides is 1. The highest BCUT2D eigenvalue weighted by molar-refractivity contribution is 7.99. The first-order chi connectivity index (χ1) is 12.6. The van der Waals surface area contributed by atoms with Gasteiger partial charge >= 0.3 is 0 Å². The molecule has 1 unspecified atom stereocenters. The molecule has 27 heavy (non-hydrogen) atoms. The minimum absolute atomic E-state index is 0.0142. The summed E-state index contributed by atoms with van der Waals surface area (Å²) in [6, 6.07) is 7.61. The Bertz CT molecular complexity index is 773. The van der Waals surface area contributed by atoms with Gasteiger partial charge in [0.15, 0.2) is 11.0 Å². The second-order valence-corrected chi connectivity index (χ2v) is 8.75. The van der Waals surface area contributed by atoms with Crippen molar-refractivity contribution in [3.8, 4) is 5.69 Å². The van der Waals surface area contributed by atoms with Crippen LogP contribution in [0.3, 0.4) is 0 Å². The number of carbonyl (C=O) groups excluding carboxylic acids is 1. The Hall–Kier alpha value is -1.57. The molecule has 148 valence electrons. The van der Waals surface area contributed by atoms with E-state index >= 15 is 0 Å². The molecule has 6 nitrogen and oxygen atoms in total. The number of nitrogens with one attached hydrogen (secondary N) is 1. The number of hydrogen-bond donors (Lipinski definition) is 1. The number of benzene rings is 1. The maximum absolute atomic E-state index is 12.3. The molecule has 0 saturated carbocycles. The summed E-state index contributed by atoms with van der Waals surface area (Å²) >= 11 is 7.42.